The molecule has 0 aliphatic carbocycles. The lowest BCUT2D eigenvalue weighted by Crippen LogP contribution is -2.02. The predicted molar refractivity (Wildman–Crippen MR) is 84.3 cm³/mol. The topological polar surface area (TPSA) is 65.1 Å². The largest absolute Gasteiger partial charge is 0.340 e. The fourth-order valence-corrected chi connectivity index (χ4v) is 2.76. The van der Waals surface area contributed by atoms with E-state index in [2.05, 4.69) is 0 Å². The standard InChI is InChI=1S/C17H14N2O3/c1-12-16(11-20)15-7-2-3-8-17(15)18(12)10-13-5-4-6-14(9-13)19(21)22/h2-9,11H,10H2,1H3. The molecule has 0 spiro atoms. The van der Waals surface area contributed by atoms with E-state index < -0.39 is 4.92 Å². The van der Waals surface area contributed by atoms with E-state index in [1.165, 1.54) is 6.07 Å². The molecule has 0 saturated heterocycles. The minimum atomic E-state index is -0.402. The van der Waals surface area contributed by atoms with Gasteiger partial charge in [0.15, 0.2) is 6.29 Å². The lowest BCUT2D eigenvalue weighted by Gasteiger charge is -2.08. The molecule has 2 aromatic carbocycles. The van der Waals surface area contributed by atoms with E-state index in [1.54, 1.807) is 12.1 Å². The molecule has 1 heterocycles. The van der Waals surface area contributed by atoms with Crippen LogP contribution in [-0.4, -0.2) is 15.8 Å². The highest BCUT2D eigenvalue weighted by molar-refractivity contribution is 5.99. The quantitative estimate of drug-likeness (QED) is 0.418. The smallest absolute Gasteiger partial charge is 0.269 e. The molecule has 0 unspecified atom stereocenters. The van der Waals surface area contributed by atoms with Crippen molar-refractivity contribution in [2.75, 3.05) is 0 Å². The molecule has 0 atom stereocenters. The molecule has 5 heteroatoms. The zero-order chi connectivity index (χ0) is 15.7. The van der Waals surface area contributed by atoms with E-state index in [-0.39, 0.29) is 5.69 Å². The van der Waals surface area contributed by atoms with Crippen LogP contribution in [-0.2, 0) is 6.54 Å². The van der Waals surface area contributed by atoms with E-state index >= 15 is 0 Å². The van der Waals surface area contributed by atoms with Crippen molar-refractivity contribution in [1.29, 1.82) is 0 Å². The summed E-state index contributed by atoms with van der Waals surface area (Å²) in [7, 11) is 0. The molecule has 0 fully saturated rings. The number of nitro benzene ring substituents is 1. The van der Waals surface area contributed by atoms with Gasteiger partial charge >= 0.3 is 0 Å². The number of non-ortho nitro benzene ring substituents is 1. The second-order valence-corrected chi connectivity index (χ2v) is 5.15. The maximum atomic E-state index is 11.3. The van der Waals surface area contributed by atoms with Crippen LogP contribution in [0.1, 0.15) is 21.6 Å². The van der Waals surface area contributed by atoms with Gasteiger partial charge in [-0.15, -0.1) is 0 Å². The normalized spacial score (nSPS) is 10.8. The van der Waals surface area contributed by atoms with E-state index in [1.807, 2.05) is 41.8 Å². The maximum absolute atomic E-state index is 11.3. The molecule has 3 aromatic rings. The molecule has 0 aliphatic heterocycles. The summed E-state index contributed by atoms with van der Waals surface area (Å²) < 4.78 is 2.01. The van der Waals surface area contributed by atoms with E-state index in [0.717, 1.165) is 28.4 Å². The Kier molecular flexibility index (Phi) is 3.47. The Balaban J connectivity index is 2.11. The third kappa shape index (κ3) is 2.26. The maximum Gasteiger partial charge on any atom is 0.269 e. The van der Waals surface area contributed by atoms with Gasteiger partial charge in [-0.25, -0.2) is 0 Å². The SMILES string of the molecule is Cc1c(C=O)c2ccccc2n1Cc1cccc([N+](=O)[O-])c1. The number of aldehydes is 1. The Hall–Kier alpha value is -2.95. The summed E-state index contributed by atoms with van der Waals surface area (Å²) in [6, 6.07) is 14.2. The van der Waals surface area contributed by atoms with Gasteiger partial charge in [-0.2, -0.15) is 0 Å². The van der Waals surface area contributed by atoms with Crippen LogP contribution in [0.25, 0.3) is 10.9 Å². The van der Waals surface area contributed by atoms with Crippen molar-refractivity contribution in [2.45, 2.75) is 13.5 Å². The molecule has 22 heavy (non-hydrogen) atoms. The second-order valence-electron chi connectivity index (χ2n) is 5.15. The van der Waals surface area contributed by atoms with Gasteiger partial charge in [0.25, 0.3) is 5.69 Å². The number of nitro groups is 1. The summed E-state index contributed by atoms with van der Waals surface area (Å²) >= 11 is 0. The molecule has 0 aliphatic rings. The van der Waals surface area contributed by atoms with Crippen LogP contribution in [0.4, 0.5) is 5.69 Å². The molecule has 0 saturated carbocycles. The summed E-state index contributed by atoms with van der Waals surface area (Å²) in [5, 5.41) is 11.8. The summed E-state index contributed by atoms with van der Waals surface area (Å²) in [5.74, 6) is 0. The summed E-state index contributed by atoms with van der Waals surface area (Å²) in [6.45, 7) is 2.38. The summed E-state index contributed by atoms with van der Waals surface area (Å²) in [5.41, 5.74) is 3.38. The molecule has 0 radical (unpaired) electrons. The van der Waals surface area contributed by atoms with Crippen molar-refractivity contribution >= 4 is 22.9 Å². The second kappa shape index (κ2) is 5.44. The van der Waals surface area contributed by atoms with Gasteiger partial charge in [-0.1, -0.05) is 30.3 Å². The number of hydrogen-bond acceptors (Lipinski definition) is 3. The number of aromatic nitrogens is 1. The highest BCUT2D eigenvalue weighted by Gasteiger charge is 2.14. The van der Waals surface area contributed by atoms with Crippen molar-refractivity contribution in [2.24, 2.45) is 0 Å². The van der Waals surface area contributed by atoms with Gasteiger partial charge in [0, 0.05) is 40.8 Å². The fraction of sp³-hybridized carbons (Fsp3) is 0.118. The number of para-hydroxylation sites is 1. The van der Waals surface area contributed by atoms with Crippen LogP contribution in [0.15, 0.2) is 48.5 Å². The Morgan fingerprint density at radius 2 is 1.95 bits per heavy atom. The molecule has 1 aromatic heterocycles. The Bertz CT molecular complexity index is 881. The van der Waals surface area contributed by atoms with E-state index in [0.29, 0.717) is 12.1 Å². The molecule has 0 amide bonds. The first-order valence-electron chi connectivity index (χ1n) is 6.88. The number of rotatable bonds is 4. The number of nitrogens with zero attached hydrogens (tertiary/aromatic N) is 2. The van der Waals surface area contributed by atoms with Crippen molar-refractivity contribution in [3.8, 4) is 0 Å². The minimum absolute atomic E-state index is 0.0715. The molecular formula is C17H14N2O3. The van der Waals surface area contributed by atoms with Gasteiger partial charge in [0.2, 0.25) is 0 Å². The average molecular weight is 294 g/mol. The summed E-state index contributed by atoms with van der Waals surface area (Å²) in [6.07, 6.45) is 0.863. The van der Waals surface area contributed by atoms with Crippen molar-refractivity contribution in [3.05, 3.63) is 75.5 Å². The Morgan fingerprint density at radius 3 is 2.68 bits per heavy atom. The molecule has 110 valence electrons. The first kappa shape index (κ1) is 14.0. The molecule has 0 bridgehead atoms. The third-order valence-corrected chi connectivity index (χ3v) is 3.86. The van der Waals surface area contributed by atoms with Gasteiger partial charge in [0.05, 0.1) is 4.92 Å². The van der Waals surface area contributed by atoms with E-state index in [4.69, 9.17) is 0 Å². The first-order valence-corrected chi connectivity index (χ1v) is 6.88. The lowest BCUT2D eigenvalue weighted by atomic mass is 10.1. The highest BCUT2D eigenvalue weighted by atomic mass is 16.6. The Morgan fingerprint density at radius 1 is 1.18 bits per heavy atom. The number of benzene rings is 2. The van der Waals surface area contributed by atoms with Gasteiger partial charge in [-0.3, -0.25) is 14.9 Å². The van der Waals surface area contributed by atoms with Gasteiger partial charge < -0.3 is 4.57 Å². The van der Waals surface area contributed by atoms with Crippen molar-refractivity contribution in [1.82, 2.24) is 4.57 Å². The zero-order valence-corrected chi connectivity index (χ0v) is 12.0. The van der Waals surface area contributed by atoms with Crippen molar-refractivity contribution < 1.29 is 9.72 Å². The summed E-state index contributed by atoms with van der Waals surface area (Å²) in [4.78, 5) is 21.8. The highest BCUT2D eigenvalue weighted by Crippen LogP contribution is 2.26. The molecule has 3 rings (SSSR count). The minimum Gasteiger partial charge on any atom is -0.340 e. The number of hydrogen-bond donors (Lipinski definition) is 0. The van der Waals surface area contributed by atoms with Crippen LogP contribution in [0.3, 0.4) is 0 Å². The number of fused-ring (bicyclic) bond motifs is 1. The van der Waals surface area contributed by atoms with Crippen LogP contribution in [0.5, 0.6) is 0 Å². The third-order valence-electron chi connectivity index (χ3n) is 3.86. The molecule has 0 N–H and O–H groups in total. The van der Waals surface area contributed by atoms with Crippen LogP contribution < -0.4 is 0 Å². The monoisotopic (exact) mass is 294 g/mol. The number of carbonyl (C=O) groups is 1. The zero-order valence-electron chi connectivity index (χ0n) is 12.0. The fourth-order valence-electron chi connectivity index (χ4n) is 2.76. The number of carbonyl (C=O) groups excluding carboxylic acids is 1. The van der Waals surface area contributed by atoms with E-state index in [9.17, 15) is 14.9 Å². The lowest BCUT2D eigenvalue weighted by molar-refractivity contribution is -0.384. The molecular weight excluding hydrogens is 280 g/mol. The first-order chi connectivity index (χ1) is 10.6. The van der Waals surface area contributed by atoms with Gasteiger partial charge in [0.1, 0.15) is 0 Å². The average Bonchev–Trinajstić information content (AvgIpc) is 2.80. The Labute approximate surface area is 126 Å². The van der Waals surface area contributed by atoms with Crippen LogP contribution in [0, 0.1) is 17.0 Å². The van der Waals surface area contributed by atoms with Crippen molar-refractivity contribution in [3.63, 3.8) is 0 Å². The van der Waals surface area contributed by atoms with Crippen LogP contribution in [0.2, 0.25) is 0 Å². The predicted octanol–water partition coefficient (Wildman–Crippen LogP) is 3.72. The van der Waals surface area contributed by atoms with Gasteiger partial charge in [-0.05, 0) is 18.6 Å². The van der Waals surface area contributed by atoms with Crippen LogP contribution >= 0.6 is 0 Å². The molecule has 5 nitrogen and oxygen atoms in total.